The Labute approximate surface area is 155 Å². The molecule has 0 aliphatic rings. The monoisotopic (exact) mass is 437 g/mol. The van der Waals surface area contributed by atoms with Gasteiger partial charge in [-0.3, -0.25) is 0 Å². The van der Waals surface area contributed by atoms with Crippen molar-refractivity contribution in [1.29, 1.82) is 0 Å². The van der Waals surface area contributed by atoms with E-state index >= 15 is 0 Å². The summed E-state index contributed by atoms with van der Waals surface area (Å²) >= 11 is 1.84. The summed E-state index contributed by atoms with van der Waals surface area (Å²) in [5.74, 6) is 1.71. The zero-order chi connectivity index (χ0) is 15.7. The lowest BCUT2D eigenvalue weighted by atomic mass is 10.2. The molecule has 0 aromatic heterocycles. The van der Waals surface area contributed by atoms with Crippen LogP contribution >= 0.6 is 35.7 Å². The van der Waals surface area contributed by atoms with Crippen molar-refractivity contribution in [1.82, 2.24) is 10.6 Å². The number of aliphatic imine (C=N–C) groups is 1. The largest absolute Gasteiger partial charge is 0.496 e. The average Bonchev–Trinajstić information content (AvgIpc) is 2.50. The molecule has 0 heterocycles. The molecule has 1 aromatic rings. The number of hydrogen-bond acceptors (Lipinski definition) is 3. The van der Waals surface area contributed by atoms with Crippen LogP contribution in [0.1, 0.15) is 26.3 Å². The zero-order valence-corrected chi connectivity index (χ0v) is 17.2. The third kappa shape index (κ3) is 7.58. The van der Waals surface area contributed by atoms with Crippen molar-refractivity contribution in [2.24, 2.45) is 4.99 Å². The molecule has 4 nitrogen and oxygen atoms in total. The van der Waals surface area contributed by atoms with Gasteiger partial charge >= 0.3 is 0 Å². The number of para-hydroxylation sites is 1. The fourth-order valence-electron chi connectivity index (χ4n) is 1.71. The van der Waals surface area contributed by atoms with E-state index in [1.807, 2.05) is 36.0 Å². The van der Waals surface area contributed by atoms with E-state index < -0.39 is 0 Å². The van der Waals surface area contributed by atoms with Gasteiger partial charge in [-0.1, -0.05) is 18.2 Å². The Bertz CT molecular complexity index is 466. The number of nitrogens with zero attached hydrogens (tertiary/aromatic N) is 1. The van der Waals surface area contributed by atoms with Gasteiger partial charge in [0.25, 0.3) is 0 Å². The van der Waals surface area contributed by atoms with Crippen LogP contribution in [0.4, 0.5) is 0 Å². The molecule has 0 fully saturated rings. The maximum atomic E-state index is 5.36. The molecule has 126 valence electrons. The van der Waals surface area contributed by atoms with Crippen molar-refractivity contribution in [2.75, 3.05) is 26.5 Å². The standard InChI is InChI=1S/C16H27N3OS.HI/c1-6-17-15(19-12-16(2,3)21-5)18-11-13-9-7-8-10-14(13)20-4;/h7-10H,6,11-12H2,1-5H3,(H2,17,18,19);1H. The van der Waals surface area contributed by atoms with Crippen molar-refractivity contribution >= 4 is 41.7 Å². The van der Waals surface area contributed by atoms with Gasteiger partial charge in [0.05, 0.1) is 13.7 Å². The van der Waals surface area contributed by atoms with E-state index in [1.165, 1.54) is 0 Å². The summed E-state index contributed by atoms with van der Waals surface area (Å²) in [6.07, 6.45) is 2.13. The molecule has 2 N–H and O–H groups in total. The lowest BCUT2D eigenvalue weighted by Crippen LogP contribution is -2.43. The lowest BCUT2D eigenvalue weighted by Gasteiger charge is -2.23. The molecule has 0 amide bonds. The van der Waals surface area contributed by atoms with Crippen LogP contribution in [0.3, 0.4) is 0 Å². The maximum Gasteiger partial charge on any atom is 0.191 e. The normalized spacial score (nSPS) is 11.6. The second-order valence-corrected chi connectivity index (χ2v) is 6.84. The number of nitrogens with one attached hydrogen (secondary N) is 2. The van der Waals surface area contributed by atoms with Crippen molar-refractivity contribution in [3.63, 3.8) is 0 Å². The molecule has 0 bridgehead atoms. The zero-order valence-electron chi connectivity index (χ0n) is 14.1. The number of rotatable bonds is 7. The van der Waals surface area contributed by atoms with E-state index in [-0.39, 0.29) is 28.7 Å². The van der Waals surface area contributed by atoms with E-state index in [0.717, 1.165) is 30.4 Å². The van der Waals surface area contributed by atoms with E-state index in [9.17, 15) is 0 Å². The van der Waals surface area contributed by atoms with Crippen LogP contribution in [-0.2, 0) is 6.54 Å². The summed E-state index contributed by atoms with van der Waals surface area (Å²) in [7, 11) is 1.69. The molecule has 1 aromatic carbocycles. The second-order valence-electron chi connectivity index (χ2n) is 5.32. The molecule has 0 unspecified atom stereocenters. The number of hydrogen-bond donors (Lipinski definition) is 2. The summed E-state index contributed by atoms with van der Waals surface area (Å²) < 4.78 is 5.54. The van der Waals surface area contributed by atoms with Crippen molar-refractivity contribution in [2.45, 2.75) is 32.1 Å². The van der Waals surface area contributed by atoms with Crippen LogP contribution in [0, 0.1) is 0 Å². The molecule has 1 rings (SSSR count). The molecular formula is C16H28IN3OS. The number of methoxy groups -OCH3 is 1. The summed E-state index contributed by atoms with van der Waals surface area (Å²) in [6, 6.07) is 7.97. The van der Waals surface area contributed by atoms with Crippen LogP contribution < -0.4 is 15.4 Å². The van der Waals surface area contributed by atoms with Crippen molar-refractivity contribution in [3.8, 4) is 5.75 Å². The molecular weight excluding hydrogens is 409 g/mol. The Kier molecular flexibility index (Phi) is 10.7. The minimum Gasteiger partial charge on any atom is -0.496 e. The van der Waals surface area contributed by atoms with Crippen LogP contribution in [-0.4, -0.2) is 37.2 Å². The Morgan fingerprint density at radius 1 is 1.27 bits per heavy atom. The number of guanidine groups is 1. The summed E-state index contributed by atoms with van der Waals surface area (Å²) in [5.41, 5.74) is 1.08. The number of benzene rings is 1. The van der Waals surface area contributed by atoms with E-state index in [4.69, 9.17) is 4.74 Å². The highest BCUT2D eigenvalue weighted by atomic mass is 127. The third-order valence-corrected chi connectivity index (χ3v) is 4.43. The summed E-state index contributed by atoms with van der Waals surface area (Å²) in [5, 5.41) is 6.67. The Morgan fingerprint density at radius 3 is 2.55 bits per heavy atom. The third-order valence-electron chi connectivity index (χ3n) is 3.18. The molecule has 6 heteroatoms. The van der Waals surface area contributed by atoms with Gasteiger partial charge in [0.1, 0.15) is 5.75 Å². The number of thioether (sulfide) groups is 1. The Hall–Kier alpha value is -0.630. The highest BCUT2D eigenvalue weighted by Crippen LogP contribution is 2.20. The molecule has 0 spiro atoms. The molecule has 22 heavy (non-hydrogen) atoms. The first-order valence-electron chi connectivity index (χ1n) is 7.21. The minimum atomic E-state index is 0. The van der Waals surface area contributed by atoms with Gasteiger partial charge < -0.3 is 15.4 Å². The molecule has 0 aliphatic carbocycles. The van der Waals surface area contributed by atoms with Crippen LogP contribution in [0.25, 0.3) is 0 Å². The summed E-state index contributed by atoms with van der Waals surface area (Å²) in [6.45, 7) is 8.81. The fraction of sp³-hybridized carbons (Fsp3) is 0.562. The minimum absolute atomic E-state index is 0. The first-order valence-corrected chi connectivity index (χ1v) is 8.44. The smallest absolute Gasteiger partial charge is 0.191 e. The van der Waals surface area contributed by atoms with Crippen molar-refractivity contribution in [3.05, 3.63) is 29.8 Å². The van der Waals surface area contributed by atoms with Gasteiger partial charge in [-0.2, -0.15) is 11.8 Å². The van der Waals surface area contributed by atoms with Gasteiger partial charge in [-0.25, -0.2) is 4.99 Å². The lowest BCUT2D eigenvalue weighted by molar-refractivity contribution is 0.410. The SMILES string of the molecule is CCNC(=NCc1ccccc1OC)NCC(C)(C)SC.I. The van der Waals surface area contributed by atoms with Gasteiger partial charge in [-0.15, -0.1) is 24.0 Å². The fourth-order valence-corrected chi connectivity index (χ4v) is 1.92. The van der Waals surface area contributed by atoms with E-state index in [2.05, 4.69) is 42.7 Å². The highest BCUT2D eigenvalue weighted by Gasteiger charge is 2.16. The topological polar surface area (TPSA) is 45.7 Å². The predicted molar refractivity (Wildman–Crippen MR) is 109 cm³/mol. The Morgan fingerprint density at radius 2 is 1.95 bits per heavy atom. The van der Waals surface area contributed by atoms with E-state index in [1.54, 1.807) is 7.11 Å². The van der Waals surface area contributed by atoms with Crippen LogP contribution in [0.5, 0.6) is 5.75 Å². The average molecular weight is 437 g/mol. The Balaban J connectivity index is 0.00000441. The molecule has 0 atom stereocenters. The first-order chi connectivity index (χ1) is 10.0. The predicted octanol–water partition coefficient (Wildman–Crippen LogP) is 3.51. The van der Waals surface area contributed by atoms with Gasteiger partial charge in [0.2, 0.25) is 0 Å². The van der Waals surface area contributed by atoms with Gasteiger partial charge in [-0.05, 0) is 33.1 Å². The quantitative estimate of drug-likeness (QED) is 0.390. The van der Waals surface area contributed by atoms with Gasteiger partial charge in [0.15, 0.2) is 5.96 Å². The molecule has 0 aliphatic heterocycles. The highest BCUT2D eigenvalue weighted by molar-refractivity contribution is 14.0. The molecule has 0 radical (unpaired) electrons. The number of halogens is 1. The van der Waals surface area contributed by atoms with Crippen LogP contribution in [0.15, 0.2) is 29.3 Å². The molecule has 0 saturated heterocycles. The van der Waals surface area contributed by atoms with E-state index in [0.29, 0.717) is 6.54 Å². The first kappa shape index (κ1) is 21.4. The maximum absolute atomic E-state index is 5.36. The second kappa shape index (κ2) is 11.0. The molecule has 0 saturated carbocycles. The summed E-state index contributed by atoms with van der Waals surface area (Å²) in [4.78, 5) is 4.63. The number of ether oxygens (including phenoxy) is 1. The van der Waals surface area contributed by atoms with Crippen molar-refractivity contribution < 1.29 is 4.74 Å². The van der Waals surface area contributed by atoms with Gasteiger partial charge in [0, 0.05) is 23.4 Å². The van der Waals surface area contributed by atoms with Crippen LogP contribution in [0.2, 0.25) is 0 Å².